The van der Waals surface area contributed by atoms with E-state index in [1.165, 1.54) is 5.75 Å². The van der Waals surface area contributed by atoms with Crippen LogP contribution in [0.4, 0.5) is 0 Å². The molecular weight excluding hydrogens is 172 g/mol. The predicted octanol–water partition coefficient (Wildman–Crippen LogP) is -0.126. The van der Waals surface area contributed by atoms with Crippen LogP contribution in [0.25, 0.3) is 0 Å². The van der Waals surface area contributed by atoms with E-state index in [-0.39, 0.29) is 0 Å². The molecule has 5 heteroatoms. The van der Waals surface area contributed by atoms with E-state index in [1.54, 1.807) is 5.01 Å². The lowest BCUT2D eigenvalue weighted by Crippen LogP contribution is -2.43. The van der Waals surface area contributed by atoms with Gasteiger partial charge in [-0.25, -0.2) is 5.84 Å². The van der Waals surface area contributed by atoms with Gasteiger partial charge in [0.25, 0.3) is 0 Å². The first-order chi connectivity index (χ1) is 5.84. The van der Waals surface area contributed by atoms with Crippen LogP contribution in [-0.4, -0.2) is 42.6 Å². The Morgan fingerprint density at radius 3 is 3.17 bits per heavy atom. The van der Waals surface area contributed by atoms with Gasteiger partial charge in [-0.15, -0.1) is 0 Å². The average Bonchev–Trinajstić information content (AvgIpc) is 2.46. The van der Waals surface area contributed by atoms with Gasteiger partial charge in [0.15, 0.2) is 0 Å². The molecule has 1 rings (SSSR count). The van der Waals surface area contributed by atoms with Crippen molar-refractivity contribution in [3.63, 3.8) is 0 Å². The summed E-state index contributed by atoms with van der Waals surface area (Å²) >= 11 is 1.86. The number of hydrazine groups is 1. The van der Waals surface area contributed by atoms with E-state index >= 15 is 0 Å². The van der Waals surface area contributed by atoms with E-state index < -0.39 is 0 Å². The van der Waals surface area contributed by atoms with Crippen LogP contribution < -0.4 is 11.2 Å². The van der Waals surface area contributed by atoms with Crippen LogP contribution in [0.1, 0.15) is 6.42 Å². The Morgan fingerprint density at radius 2 is 2.58 bits per heavy atom. The number of nitrogens with one attached hydrogen (secondary N) is 1. The van der Waals surface area contributed by atoms with E-state index in [0.717, 1.165) is 32.0 Å². The van der Waals surface area contributed by atoms with Crippen molar-refractivity contribution in [2.24, 2.45) is 10.8 Å². The topological polar surface area (TPSA) is 53.7 Å². The van der Waals surface area contributed by atoms with Gasteiger partial charge in [-0.1, -0.05) is 0 Å². The summed E-state index contributed by atoms with van der Waals surface area (Å²) in [5.74, 6) is 7.66. The quantitative estimate of drug-likeness (QED) is 0.477. The molecule has 0 aromatic carbocycles. The van der Waals surface area contributed by atoms with Crippen LogP contribution in [0, 0.1) is 0 Å². The second kappa shape index (κ2) is 5.27. The largest absolute Gasteiger partial charge is 0.355 e. The van der Waals surface area contributed by atoms with Gasteiger partial charge in [0, 0.05) is 6.54 Å². The van der Waals surface area contributed by atoms with Crippen LogP contribution in [0.3, 0.4) is 0 Å². The molecule has 12 heavy (non-hydrogen) atoms. The summed E-state index contributed by atoms with van der Waals surface area (Å²) in [7, 11) is 0. The summed E-state index contributed by atoms with van der Waals surface area (Å²) in [6, 6.07) is 0. The molecule has 4 nitrogen and oxygen atoms in total. The van der Waals surface area contributed by atoms with Gasteiger partial charge in [0.05, 0.1) is 13.1 Å². The number of hydrogen-bond acceptors (Lipinski definition) is 5. The summed E-state index contributed by atoms with van der Waals surface area (Å²) in [5.41, 5.74) is 0. The van der Waals surface area contributed by atoms with Crippen molar-refractivity contribution in [1.82, 2.24) is 10.3 Å². The molecule has 1 aliphatic rings. The fourth-order valence-corrected chi connectivity index (χ4v) is 1.47. The van der Waals surface area contributed by atoms with Gasteiger partial charge in [0.1, 0.15) is 0 Å². The van der Waals surface area contributed by atoms with Crippen molar-refractivity contribution < 1.29 is 0 Å². The zero-order valence-electron chi connectivity index (χ0n) is 7.42. The van der Waals surface area contributed by atoms with Crippen molar-refractivity contribution in [2.45, 2.75) is 6.42 Å². The fourth-order valence-electron chi connectivity index (χ4n) is 1.03. The predicted molar refractivity (Wildman–Crippen MR) is 54.2 cm³/mol. The standard InChI is InChI=1S/C7H16N4S/c1-12-6-2-3-9-7-10-4-5-11(7)8/h2-6,8H2,1H3,(H,9,10). The Bertz CT molecular complexity index is 159. The summed E-state index contributed by atoms with van der Waals surface area (Å²) in [4.78, 5) is 4.21. The monoisotopic (exact) mass is 188 g/mol. The van der Waals surface area contributed by atoms with Crippen molar-refractivity contribution in [3.8, 4) is 0 Å². The number of rotatable bonds is 4. The van der Waals surface area contributed by atoms with E-state index in [1.807, 2.05) is 11.8 Å². The van der Waals surface area contributed by atoms with Crippen LogP contribution in [0.15, 0.2) is 4.99 Å². The summed E-state index contributed by atoms with van der Waals surface area (Å²) < 4.78 is 0. The molecule has 0 aromatic rings. The molecule has 0 bridgehead atoms. The summed E-state index contributed by atoms with van der Waals surface area (Å²) in [6.45, 7) is 2.62. The molecule has 0 aliphatic carbocycles. The first-order valence-corrected chi connectivity index (χ1v) is 5.53. The number of aliphatic imine (C=N–C) groups is 1. The third-order valence-corrected chi connectivity index (χ3v) is 2.38. The zero-order valence-corrected chi connectivity index (χ0v) is 8.23. The SMILES string of the molecule is CSCCCNC1=NCCN1N. The van der Waals surface area contributed by atoms with Gasteiger partial charge in [-0.2, -0.15) is 11.8 Å². The Hall–Kier alpha value is -0.420. The van der Waals surface area contributed by atoms with Crippen LogP contribution >= 0.6 is 11.8 Å². The maximum absolute atomic E-state index is 5.63. The Balaban J connectivity index is 2.06. The molecule has 1 heterocycles. The number of nitrogens with zero attached hydrogens (tertiary/aromatic N) is 2. The molecule has 0 radical (unpaired) electrons. The Kier molecular flexibility index (Phi) is 4.24. The second-order valence-corrected chi connectivity index (χ2v) is 3.66. The van der Waals surface area contributed by atoms with E-state index in [4.69, 9.17) is 5.84 Å². The molecular formula is C7H16N4S. The van der Waals surface area contributed by atoms with Crippen LogP contribution in [-0.2, 0) is 0 Å². The normalized spacial score (nSPS) is 16.5. The fraction of sp³-hybridized carbons (Fsp3) is 0.857. The molecule has 0 amide bonds. The van der Waals surface area contributed by atoms with Crippen molar-refractivity contribution in [2.75, 3.05) is 31.6 Å². The Labute approximate surface area is 77.6 Å². The van der Waals surface area contributed by atoms with Gasteiger partial charge in [0.2, 0.25) is 5.96 Å². The molecule has 0 saturated heterocycles. The number of hydrogen-bond donors (Lipinski definition) is 2. The first kappa shape index (κ1) is 9.67. The van der Waals surface area contributed by atoms with E-state index in [2.05, 4.69) is 16.6 Å². The maximum Gasteiger partial charge on any atom is 0.208 e. The minimum Gasteiger partial charge on any atom is -0.355 e. The summed E-state index contributed by atoms with van der Waals surface area (Å²) in [6.07, 6.45) is 3.27. The molecule has 0 saturated carbocycles. The lowest BCUT2D eigenvalue weighted by atomic mass is 10.5. The van der Waals surface area contributed by atoms with Gasteiger partial charge >= 0.3 is 0 Å². The smallest absolute Gasteiger partial charge is 0.208 e. The molecule has 70 valence electrons. The van der Waals surface area contributed by atoms with Crippen LogP contribution in [0.5, 0.6) is 0 Å². The van der Waals surface area contributed by atoms with Gasteiger partial charge in [-0.05, 0) is 18.4 Å². The minimum absolute atomic E-state index is 0.821. The van der Waals surface area contributed by atoms with E-state index in [9.17, 15) is 0 Å². The number of guanidine groups is 1. The zero-order chi connectivity index (χ0) is 8.81. The Morgan fingerprint density at radius 1 is 1.75 bits per heavy atom. The third kappa shape index (κ3) is 2.91. The summed E-state index contributed by atoms with van der Waals surface area (Å²) in [5, 5.41) is 4.87. The van der Waals surface area contributed by atoms with Gasteiger partial charge in [-0.3, -0.25) is 10.0 Å². The molecule has 0 fully saturated rings. The average molecular weight is 188 g/mol. The molecule has 0 aromatic heterocycles. The highest BCUT2D eigenvalue weighted by molar-refractivity contribution is 7.98. The number of thioether (sulfide) groups is 1. The maximum atomic E-state index is 5.63. The third-order valence-electron chi connectivity index (χ3n) is 1.68. The van der Waals surface area contributed by atoms with Crippen molar-refractivity contribution >= 4 is 17.7 Å². The highest BCUT2D eigenvalue weighted by Gasteiger charge is 2.11. The second-order valence-electron chi connectivity index (χ2n) is 2.67. The number of nitrogens with two attached hydrogens (primary N) is 1. The molecule has 0 spiro atoms. The first-order valence-electron chi connectivity index (χ1n) is 4.14. The minimum atomic E-state index is 0.821. The van der Waals surface area contributed by atoms with Crippen LogP contribution in [0.2, 0.25) is 0 Å². The van der Waals surface area contributed by atoms with Crippen molar-refractivity contribution in [1.29, 1.82) is 0 Å². The van der Waals surface area contributed by atoms with Gasteiger partial charge < -0.3 is 5.32 Å². The lowest BCUT2D eigenvalue weighted by molar-refractivity contribution is 0.466. The molecule has 1 aliphatic heterocycles. The lowest BCUT2D eigenvalue weighted by Gasteiger charge is -2.14. The highest BCUT2D eigenvalue weighted by atomic mass is 32.2. The highest BCUT2D eigenvalue weighted by Crippen LogP contribution is 1.95. The molecule has 0 unspecified atom stereocenters. The van der Waals surface area contributed by atoms with Crippen molar-refractivity contribution in [3.05, 3.63) is 0 Å². The van der Waals surface area contributed by atoms with E-state index in [0.29, 0.717) is 0 Å². The molecule has 0 atom stereocenters. The molecule has 3 N–H and O–H groups in total.